The Labute approximate surface area is 90.7 Å². The Balaban J connectivity index is 2.14. The fraction of sp³-hybridized carbons (Fsp3) is 0.455. The number of hydrogen-bond acceptors (Lipinski definition) is 2. The van der Waals surface area contributed by atoms with Crippen molar-refractivity contribution >= 4 is 0 Å². The van der Waals surface area contributed by atoms with E-state index in [0.717, 1.165) is 0 Å². The van der Waals surface area contributed by atoms with Crippen LogP contribution >= 0.6 is 0 Å². The molecule has 0 spiro atoms. The molecule has 0 fully saturated rings. The zero-order chi connectivity index (χ0) is 11.8. The van der Waals surface area contributed by atoms with Crippen LogP contribution in [0.5, 0.6) is 5.75 Å². The Hall–Kier alpha value is -1.23. The predicted molar refractivity (Wildman–Crippen MR) is 51.2 cm³/mol. The Kier molecular flexibility index (Phi) is 2.80. The Morgan fingerprint density at radius 2 is 2.00 bits per heavy atom. The topological polar surface area (TPSA) is 29.5 Å². The number of benzene rings is 1. The molecular formula is C11H11F3O2. The van der Waals surface area contributed by atoms with Crippen LogP contribution in [0.15, 0.2) is 24.3 Å². The highest BCUT2D eigenvalue weighted by molar-refractivity contribution is 5.35. The van der Waals surface area contributed by atoms with E-state index in [2.05, 4.69) is 0 Å². The second-order valence-corrected chi connectivity index (χ2v) is 3.87. The van der Waals surface area contributed by atoms with E-state index >= 15 is 0 Å². The third-order valence-electron chi connectivity index (χ3n) is 2.69. The van der Waals surface area contributed by atoms with Gasteiger partial charge in [-0.3, -0.25) is 0 Å². The van der Waals surface area contributed by atoms with Gasteiger partial charge in [0, 0.05) is 5.92 Å². The molecule has 16 heavy (non-hydrogen) atoms. The first kappa shape index (κ1) is 11.3. The fourth-order valence-electron chi connectivity index (χ4n) is 1.82. The molecule has 0 amide bonds. The van der Waals surface area contributed by atoms with E-state index < -0.39 is 18.2 Å². The molecule has 1 aliphatic rings. The molecule has 0 radical (unpaired) electrons. The van der Waals surface area contributed by atoms with Gasteiger partial charge in [0.1, 0.15) is 5.75 Å². The molecule has 5 heteroatoms. The fourth-order valence-corrected chi connectivity index (χ4v) is 1.82. The van der Waals surface area contributed by atoms with E-state index in [1.54, 1.807) is 24.3 Å². The van der Waals surface area contributed by atoms with Crippen LogP contribution in [0.4, 0.5) is 13.2 Å². The number of alkyl halides is 3. The van der Waals surface area contributed by atoms with Crippen molar-refractivity contribution in [2.45, 2.75) is 18.7 Å². The third-order valence-corrected chi connectivity index (χ3v) is 2.69. The van der Waals surface area contributed by atoms with Gasteiger partial charge < -0.3 is 9.84 Å². The molecule has 0 bridgehead atoms. The van der Waals surface area contributed by atoms with Crippen LogP contribution in [0.1, 0.15) is 5.56 Å². The summed E-state index contributed by atoms with van der Waals surface area (Å²) < 4.78 is 42.1. The lowest BCUT2D eigenvalue weighted by molar-refractivity contribution is -0.222. The Bertz CT molecular complexity index is 376. The average Bonchev–Trinajstić information content (AvgIpc) is 2.26. The molecule has 88 valence electrons. The highest BCUT2D eigenvalue weighted by atomic mass is 19.4. The van der Waals surface area contributed by atoms with Crippen LogP contribution in [-0.4, -0.2) is 24.0 Å². The maximum Gasteiger partial charge on any atom is 0.414 e. The van der Waals surface area contributed by atoms with Crippen molar-refractivity contribution in [3.05, 3.63) is 29.8 Å². The maximum absolute atomic E-state index is 12.3. The second-order valence-electron chi connectivity index (χ2n) is 3.87. The number of rotatable bonds is 1. The van der Waals surface area contributed by atoms with Gasteiger partial charge in [-0.05, 0) is 18.1 Å². The Morgan fingerprint density at radius 1 is 1.31 bits per heavy atom. The van der Waals surface area contributed by atoms with E-state index in [-0.39, 0.29) is 13.0 Å². The van der Waals surface area contributed by atoms with Crippen molar-refractivity contribution in [3.63, 3.8) is 0 Å². The van der Waals surface area contributed by atoms with Crippen LogP contribution < -0.4 is 4.74 Å². The molecule has 0 saturated carbocycles. The molecule has 2 atom stereocenters. The molecule has 1 N–H and O–H groups in total. The largest absolute Gasteiger partial charge is 0.493 e. The number of para-hydroxylation sites is 1. The highest BCUT2D eigenvalue weighted by Gasteiger charge is 2.44. The number of aliphatic hydroxyl groups is 1. The number of fused-ring (bicyclic) bond motifs is 1. The van der Waals surface area contributed by atoms with Crippen molar-refractivity contribution in [1.29, 1.82) is 0 Å². The summed E-state index contributed by atoms with van der Waals surface area (Å²) in [6.45, 7) is -0.0995. The summed E-state index contributed by atoms with van der Waals surface area (Å²) in [4.78, 5) is 0. The van der Waals surface area contributed by atoms with Gasteiger partial charge in [-0.1, -0.05) is 18.2 Å². The van der Waals surface area contributed by atoms with Gasteiger partial charge in [0.05, 0.1) is 6.61 Å². The molecule has 0 aromatic heterocycles. The lowest BCUT2D eigenvalue weighted by Crippen LogP contribution is -2.41. The number of halogens is 3. The first-order valence-corrected chi connectivity index (χ1v) is 4.94. The smallest absolute Gasteiger partial charge is 0.414 e. The van der Waals surface area contributed by atoms with Crippen LogP contribution in [0, 0.1) is 5.92 Å². The zero-order valence-corrected chi connectivity index (χ0v) is 8.37. The summed E-state index contributed by atoms with van der Waals surface area (Å²) in [6, 6.07) is 6.93. The normalized spacial score (nSPS) is 22.1. The second kappa shape index (κ2) is 3.97. The van der Waals surface area contributed by atoms with E-state index in [4.69, 9.17) is 9.84 Å². The minimum Gasteiger partial charge on any atom is -0.493 e. The summed E-state index contributed by atoms with van der Waals surface area (Å²) in [5.41, 5.74) is 0.710. The van der Waals surface area contributed by atoms with Gasteiger partial charge in [-0.2, -0.15) is 13.2 Å². The maximum atomic E-state index is 12.3. The molecular weight excluding hydrogens is 221 g/mol. The van der Waals surface area contributed by atoms with Gasteiger partial charge in [-0.15, -0.1) is 0 Å². The summed E-state index contributed by atoms with van der Waals surface area (Å²) >= 11 is 0. The van der Waals surface area contributed by atoms with Crippen LogP contribution in [0.3, 0.4) is 0 Å². The molecule has 0 saturated heterocycles. The highest BCUT2D eigenvalue weighted by Crippen LogP contribution is 2.33. The minimum absolute atomic E-state index is 0.0995. The van der Waals surface area contributed by atoms with E-state index in [0.29, 0.717) is 11.3 Å². The van der Waals surface area contributed by atoms with Crippen molar-refractivity contribution < 1.29 is 23.0 Å². The lowest BCUT2D eigenvalue weighted by Gasteiger charge is -2.29. The predicted octanol–water partition coefficient (Wildman–Crippen LogP) is 2.16. The zero-order valence-electron chi connectivity index (χ0n) is 8.37. The monoisotopic (exact) mass is 232 g/mol. The summed E-state index contributed by atoms with van der Waals surface area (Å²) in [5.74, 6) is -0.317. The molecule has 1 unspecified atom stereocenters. The van der Waals surface area contributed by atoms with Gasteiger partial charge in [0.2, 0.25) is 0 Å². The third kappa shape index (κ3) is 2.14. The molecule has 2 nitrogen and oxygen atoms in total. The van der Waals surface area contributed by atoms with Gasteiger partial charge >= 0.3 is 6.18 Å². The summed E-state index contributed by atoms with van der Waals surface area (Å²) in [6.07, 6.45) is -6.71. The average molecular weight is 232 g/mol. The van der Waals surface area contributed by atoms with Crippen molar-refractivity contribution in [2.75, 3.05) is 6.61 Å². The standard InChI is InChI=1S/C11H11F3O2/c12-11(13,14)10(15)8-5-7-3-1-2-4-9(7)16-6-8/h1-4,8,10,15H,5-6H2/t8?,10-/m0/s1. The van der Waals surface area contributed by atoms with E-state index in [1.807, 2.05) is 0 Å². The van der Waals surface area contributed by atoms with Crippen molar-refractivity contribution in [2.24, 2.45) is 5.92 Å². The molecule has 1 aliphatic heterocycles. The van der Waals surface area contributed by atoms with Crippen molar-refractivity contribution in [3.8, 4) is 5.75 Å². The molecule has 2 rings (SSSR count). The van der Waals surface area contributed by atoms with Crippen LogP contribution in [0.2, 0.25) is 0 Å². The van der Waals surface area contributed by atoms with Gasteiger partial charge in [-0.25, -0.2) is 0 Å². The van der Waals surface area contributed by atoms with E-state index in [9.17, 15) is 13.2 Å². The SMILES string of the molecule is O[C@@H](C1COc2ccccc2C1)C(F)(F)F. The first-order valence-electron chi connectivity index (χ1n) is 4.94. The quantitative estimate of drug-likeness (QED) is 0.804. The van der Waals surface area contributed by atoms with E-state index in [1.165, 1.54) is 0 Å². The van der Waals surface area contributed by atoms with Crippen LogP contribution in [0.25, 0.3) is 0 Å². The van der Waals surface area contributed by atoms with Gasteiger partial charge in [0.25, 0.3) is 0 Å². The number of hydrogen-bond donors (Lipinski definition) is 1. The summed E-state index contributed by atoms with van der Waals surface area (Å²) in [5, 5.41) is 9.13. The van der Waals surface area contributed by atoms with Crippen molar-refractivity contribution in [1.82, 2.24) is 0 Å². The number of aliphatic hydroxyl groups excluding tert-OH is 1. The van der Waals surface area contributed by atoms with Gasteiger partial charge in [0.15, 0.2) is 6.10 Å². The molecule has 1 aromatic carbocycles. The lowest BCUT2D eigenvalue weighted by atomic mass is 9.92. The molecule has 1 heterocycles. The summed E-state index contributed by atoms with van der Waals surface area (Å²) in [7, 11) is 0. The van der Waals surface area contributed by atoms with Crippen LogP contribution in [-0.2, 0) is 6.42 Å². The minimum atomic E-state index is -4.58. The first-order chi connectivity index (χ1) is 7.48. The molecule has 0 aliphatic carbocycles. The number of ether oxygens (including phenoxy) is 1. The molecule has 1 aromatic rings. The Morgan fingerprint density at radius 3 is 2.69 bits per heavy atom.